The number of benzene rings is 1. The number of halogens is 1. The summed E-state index contributed by atoms with van der Waals surface area (Å²) in [6, 6.07) is 7.99. The van der Waals surface area contributed by atoms with Gasteiger partial charge < -0.3 is 4.74 Å². The van der Waals surface area contributed by atoms with Crippen molar-refractivity contribution in [3.63, 3.8) is 0 Å². The van der Waals surface area contributed by atoms with Crippen LogP contribution in [0, 0.1) is 11.8 Å². The van der Waals surface area contributed by atoms with Gasteiger partial charge in [-0.2, -0.15) is 0 Å². The summed E-state index contributed by atoms with van der Waals surface area (Å²) in [7, 11) is 0. The van der Waals surface area contributed by atoms with Gasteiger partial charge in [0, 0.05) is 5.33 Å². The van der Waals surface area contributed by atoms with Gasteiger partial charge in [-0.15, -0.1) is 0 Å². The molecule has 4 nitrogen and oxygen atoms in total. The van der Waals surface area contributed by atoms with E-state index in [4.69, 9.17) is 4.74 Å². The number of fused-ring (bicyclic) bond motifs is 5. The number of hydrogen-bond acceptors (Lipinski definition) is 3. The third kappa shape index (κ3) is 1.98. The molecule has 4 rings (SSSR count). The summed E-state index contributed by atoms with van der Waals surface area (Å²) in [5.41, 5.74) is 2.15. The van der Waals surface area contributed by atoms with Crippen molar-refractivity contribution in [2.45, 2.75) is 36.9 Å². The number of hydrogen-bond donors (Lipinski definition) is 0. The van der Waals surface area contributed by atoms with E-state index in [0.29, 0.717) is 6.54 Å². The second kappa shape index (κ2) is 4.92. The first kappa shape index (κ1) is 13.5. The summed E-state index contributed by atoms with van der Waals surface area (Å²) in [4.78, 5) is 26.6. The molecule has 0 saturated carbocycles. The number of nitrogens with zero attached hydrogens (tertiary/aromatic N) is 1. The van der Waals surface area contributed by atoms with Crippen molar-refractivity contribution in [1.29, 1.82) is 0 Å². The van der Waals surface area contributed by atoms with Crippen LogP contribution in [0.15, 0.2) is 24.3 Å². The van der Waals surface area contributed by atoms with Crippen LogP contribution < -0.4 is 0 Å². The lowest BCUT2D eigenvalue weighted by Gasteiger charge is -2.17. The van der Waals surface area contributed by atoms with Gasteiger partial charge in [0.1, 0.15) is 0 Å². The number of imide groups is 1. The molecule has 21 heavy (non-hydrogen) atoms. The van der Waals surface area contributed by atoms with E-state index in [-0.39, 0.29) is 35.9 Å². The Bertz CT molecular complexity index is 589. The first-order valence-corrected chi connectivity index (χ1v) is 8.45. The molecular weight excluding hydrogens is 334 g/mol. The molecule has 1 aromatic carbocycles. The molecule has 5 heteroatoms. The van der Waals surface area contributed by atoms with Gasteiger partial charge in [-0.05, 0) is 24.0 Å². The van der Waals surface area contributed by atoms with Crippen molar-refractivity contribution in [1.82, 2.24) is 4.90 Å². The van der Waals surface area contributed by atoms with Crippen molar-refractivity contribution in [2.75, 3.05) is 0 Å². The van der Waals surface area contributed by atoms with E-state index >= 15 is 0 Å². The number of rotatable bonds is 3. The minimum Gasteiger partial charge on any atom is -0.373 e. The van der Waals surface area contributed by atoms with Gasteiger partial charge in [-0.1, -0.05) is 40.2 Å². The number of ether oxygens (including phenoxy) is 1. The van der Waals surface area contributed by atoms with E-state index < -0.39 is 0 Å². The van der Waals surface area contributed by atoms with E-state index in [9.17, 15) is 9.59 Å². The zero-order valence-corrected chi connectivity index (χ0v) is 13.1. The largest absolute Gasteiger partial charge is 0.373 e. The van der Waals surface area contributed by atoms with Crippen LogP contribution in [0.1, 0.15) is 24.0 Å². The molecule has 3 aliphatic heterocycles. The van der Waals surface area contributed by atoms with Gasteiger partial charge in [0.25, 0.3) is 0 Å². The molecule has 3 aliphatic rings. The minimum atomic E-state index is -0.226. The minimum absolute atomic E-state index is 0.0321. The number of likely N-dealkylation sites (tertiary alicyclic amines) is 1. The lowest BCUT2D eigenvalue weighted by Crippen LogP contribution is -2.33. The molecule has 3 saturated heterocycles. The smallest absolute Gasteiger partial charge is 0.236 e. The molecule has 2 amide bonds. The summed E-state index contributed by atoms with van der Waals surface area (Å²) in [6.07, 6.45) is 1.76. The van der Waals surface area contributed by atoms with Crippen LogP contribution >= 0.6 is 15.9 Å². The van der Waals surface area contributed by atoms with Crippen LogP contribution in [-0.4, -0.2) is 28.9 Å². The van der Waals surface area contributed by atoms with E-state index in [1.54, 1.807) is 0 Å². The molecule has 0 spiro atoms. The zero-order valence-electron chi connectivity index (χ0n) is 11.5. The zero-order chi connectivity index (χ0) is 14.6. The Morgan fingerprint density at radius 1 is 1.10 bits per heavy atom. The highest BCUT2D eigenvalue weighted by Gasteiger charge is 2.62. The van der Waals surface area contributed by atoms with Crippen LogP contribution in [-0.2, 0) is 26.2 Å². The van der Waals surface area contributed by atoms with Crippen LogP contribution in [0.4, 0.5) is 0 Å². The number of carbonyl (C=O) groups is 2. The quantitative estimate of drug-likeness (QED) is 0.621. The van der Waals surface area contributed by atoms with E-state index in [2.05, 4.69) is 15.9 Å². The van der Waals surface area contributed by atoms with Gasteiger partial charge in [-0.25, -0.2) is 0 Å². The fourth-order valence-electron chi connectivity index (χ4n) is 3.92. The number of carbonyl (C=O) groups excluding carboxylic acids is 2. The van der Waals surface area contributed by atoms with Crippen LogP contribution in [0.5, 0.6) is 0 Å². The molecule has 1 aromatic rings. The first-order valence-electron chi connectivity index (χ1n) is 7.33. The standard InChI is InChI=1S/C16H16BrNO3/c17-7-9-2-1-3-10(6-9)8-18-15(19)13-11-4-5-12(21-11)14(13)16(18)20/h1-3,6,11-14H,4-5,7-8H2. The third-order valence-electron chi connectivity index (χ3n) is 4.86. The third-order valence-corrected chi connectivity index (χ3v) is 5.51. The number of alkyl halides is 1. The molecule has 0 aliphatic carbocycles. The fourth-order valence-corrected chi connectivity index (χ4v) is 4.27. The SMILES string of the molecule is O=C1C2C3CCC(O3)C2C(=O)N1Cc1cccc(CBr)c1. The highest BCUT2D eigenvalue weighted by molar-refractivity contribution is 9.08. The Hall–Kier alpha value is -1.20. The Balaban J connectivity index is 1.58. The van der Waals surface area contributed by atoms with Crippen molar-refractivity contribution >= 4 is 27.7 Å². The molecule has 0 aromatic heterocycles. The average Bonchev–Trinajstić information content (AvgIpc) is 3.17. The van der Waals surface area contributed by atoms with E-state index in [1.807, 2.05) is 24.3 Å². The van der Waals surface area contributed by atoms with Crippen molar-refractivity contribution in [3.8, 4) is 0 Å². The Kier molecular flexibility index (Phi) is 3.15. The molecule has 3 fully saturated rings. The van der Waals surface area contributed by atoms with Crippen molar-refractivity contribution in [2.24, 2.45) is 11.8 Å². The normalized spacial score (nSPS) is 33.9. The summed E-state index contributed by atoms with van der Waals surface area (Å²) >= 11 is 3.43. The van der Waals surface area contributed by atoms with Crippen molar-refractivity contribution in [3.05, 3.63) is 35.4 Å². The molecule has 0 N–H and O–H groups in total. The molecule has 2 bridgehead atoms. The predicted molar refractivity (Wildman–Crippen MR) is 79.5 cm³/mol. The summed E-state index contributed by atoms with van der Waals surface area (Å²) in [5, 5.41) is 0.770. The lowest BCUT2D eigenvalue weighted by molar-refractivity contribution is -0.143. The summed E-state index contributed by atoms with van der Waals surface area (Å²) in [6.45, 7) is 0.380. The molecule has 4 atom stereocenters. The molecule has 4 unspecified atom stereocenters. The average molecular weight is 350 g/mol. The predicted octanol–water partition coefficient (Wildman–Crippen LogP) is 2.24. The molecule has 3 heterocycles. The number of amides is 2. The monoisotopic (exact) mass is 349 g/mol. The lowest BCUT2D eigenvalue weighted by atomic mass is 9.81. The van der Waals surface area contributed by atoms with Crippen molar-refractivity contribution < 1.29 is 14.3 Å². The fraction of sp³-hybridized carbons (Fsp3) is 0.500. The van der Waals surface area contributed by atoms with Gasteiger partial charge in [0.2, 0.25) is 11.8 Å². The van der Waals surface area contributed by atoms with Gasteiger partial charge in [0.15, 0.2) is 0 Å². The topological polar surface area (TPSA) is 46.6 Å². The Labute approximate surface area is 131 Å². The van der Waals surface area contributed by atoms with Crippen LogP contribution in [0.25, 0.3) is 0 Å². The Morgan fingerprint density at radius 3 is 2.33 bits per heavy atom. The van der Waals surface area contributed by atoms with Crippen LogP contribution in [0.2, 0.25) is 0 Å². The maximum absolute atomic E-state index is 12.6. The second-order valence-electron chi connectivity index (χ2n) is 6.06. The second-order valence-corrected chi connectivity index (χ2v) is 6.62. The highest BCUT2D eigenvalue weighted by Crippen LogP contribution is 2.48. The van der Waals surface area contributed by atoms with Gasteiger partial charge in [0.05, 0.1) is 30.6 Å². The molecule has 0 radical (unpaired) electrons. The maximum atomic E-state index is 12.6. The first-order chi connectivity index (χ1) is 10.2. The summed E-state index contributed by atoms with van der Waals surface area (Å²) < 4.78 is 5.74. The van der Waals surface area contributed by atoms with E-state index in [0.717, 1.165) is 29.3 Å². The van der Waals surface area contributed by atoms with Gasteiger partial charge >= 0.3 is 0 Å². The Morgan fingerprint density at radius 2 is 1.71 bits per heavy atom. The summed E-state index contributed by atoms with van der Waals surface area (Å²) in [5.74, 6) is -0.533. The van der Waals surface area contributed by atoms with E-state index in [1.165, 1.54) is 4.90 Å². The highest BCUT2D eigenvalue weighted by atomic mass is 79.9. The van der Waals surface area contributed by atoms with Gasteiger partial charge in [-0.3, -0.25) is 14.5 Å². The maximum Gasteiger partial charge on any atom is 0.236 e. The molecular formula is C16H16BrNO3. The molecule has 110 valence electrons. The van der Waals surface area contributed by atoms with Crippen LogP contribution in [0.3, 0.4) is 0 Å².